The van der Waals surface area contributed by atoms with Crippen LogP contribution in [0.15, 0.2) is 12.3 Å². The molecule has 5 nitrogen and oxygen atoms in total. The number of nitrogen functional groups attached to an aromatic ring is 1. The van der Waals surface area contributed by atoms with Gasteiger partial charge in [-0.1, -0.05) is 11.6 Å². The maximum absolute atomic E-state index is 11.7. The minimum atomic E-state index is -0.0541. The fourth-order valence-electron chi connectivity index (χ4n) is 1.56. The number of nitrogens with one attached hydrogen (secondary N) is 1. The van der Waals surface area contributed by atoms with Gasteiger partial charge in [0, 0.05) is 12.6 Å². The summed E-state index contributed by atoms with van der Waals surface area (Å²) in [6.45, 7) is 6.65. The van der Waals surface area contributed by atoms with E-state index in [1.165, 1.54) is 6.20 Å². The molecule has 0 saturated heterocycles. The van der Waals surface area contributed by atoms with Crippen LogP contribution in [-0.2, 0) is 4.79 Å². The molecule has 0 bridgehead atoms. The minimum absolute atomic E-state index is 0.0541. The summed E-state index contributed by atoms with van der Waals surface area (Å²) >= 11 is 6.08. The number of carbonyl (C=O) groups is 1. The lowest BCUT2D eigenvalue weighted by Gasteiger charge is -2.23. The van der Waals surface area contributed by atoms with E-state index in [1.807, 2.05) is 20.8 Å². The van der Waals surface area contributed by atoms with Gasteiger partial charge in [-0.05, 0) is 26.8 Å². The number of hydrogen-bond donors (Lipinski definition) is 2. The molecule has 0 radical (unpaired) electrons. The highest BCUT2D eigenvalue weighted by Gasteiger charge is 2.14. The molecule has 0 aromatic carbocycles. The number of pyridine rings is 1. The molecule has 1 rings (SSSR count). The van der Waals surface area contributed by atoms with Gasteiger partial charge in [-0.2, -0.15) is 0 Å². The van der Waals surface area contributed by atoms with Crippen molar-refractivity contribution in [3.05, 3.63) is 17.3 Å². The zero-order chi connectivity index (χ0) is 13.7. The van der Waals surface area contributed by atoms with E-state index in [0.29, 0.717) is 23.1 Å². The molecule has 100 valence electrons. The van der Waals surface area contributed by atoms with E-state index in [9.17, 15) is 4.79 Å². The Labute approximate surface area is 112 Å². The van der Waals surface area contributed by atoms with Crippen LogP contribution in [0, 0.1) is 0 Å². The molecule has 0 spiro atoms. The molecule has 1 amide bonds. The Morgan fingerprint density at radius 2 is 2.28 bits per heavy atom. The molecule has 1 heterocycles. The highest BCUT2D eigenvalue weighted by atomic mass is 35.5. The third-order valence-electron chi connectivity index (χ3n) is 2.31. The summed E-state index contributed by atoms with van der Waals surface area (Å²) in [7, 11) is 0. The van der Waals surface area contributed by atoms with Gasteiger partial charge in [0.25, 0.3) is 0 Å². The number of rotatable bonds is 5. The van der Waals surface area contributed by atoms with E-state index < -0.39 is 0 Å². The van der Waals surface area contributed by atoms with Crippen molar-refractivity contribution in [1.29, 1.82) is 0 Å². The molecule has 0 aliphatic heterocycles. The van der Waals surface area contributed by atoms with Crippen molar-refractivity contribution < 1.29 is 4.79 Å². The van der Waals surface area contributed by atoms with Gasteiger partial charge in [0.1, 0.15) is 5.82 Å². The molecule has 6 heteroatoms. The molecule has 3 N–H and O–H groups in total. The first-order valence-electron chi connectivity index (χ1n) is 5.89. The first-order chi connectivity index (χ1) is 8.43. The number of amides is 1. The summed E-state index contributed by atoms with van der Waals surface area (Å²) in [4.78, 5) is 17.7. The molecule has 0 unspecified atom stereocenters. The van der Waals surface area contributed by atoms with Crippen LogP contribution in [0.1, 0.15) is 20.8 Å². The van der Waals surface area contributed by atoms with Crippen molar-refractivity contribution in [1.82, 2.24) is 10.3 Å². The number of aromatic nitrogens is 1. The number of carbonyl (C=O) groups excluding carboxylic acids is 1. The average Bonchev–Trinajstić information content (AvgIpc) is 2.25. The first-order valence-corrected chi connectivity index (χ1v) is 6.27. The summed E-state index contributed by atoms with van der Waals surface area (Å²) in [5, 5.41) is 3.28. The fourth-order valence-corrected chi connectivity index (χ4v) is 1.85. The zero-order valence-electron chi connectivity index (χ0n) is 10.9. The number of nitrogens with zero attached hydrogens (tertiary/aromatic N) is 2. The average molecular weight is 271 g/mol. The second kappa shape index (κ2) is 6.44. The topological polar surface area (TPSA) is 71.2 Å². The maximum atomic E-state index is 11.7. The third-order valence-corrected chi connectivity index (χ3v) is 2.59. The van der Waals surface area contributed by atoms with Crippen molar-refractivity contribution in [2.45, 2.75) is 26.8 Å². The number of likely N-dealkylation sites (N-methyl/N-ethyl adjacent to an activating group) is 1. The quantitative estimate of drug-likeness (QED) is 0.854. The molecular formula is C12H19ClN4O. The van der Waals surface area contributed by atoms with Gasteiger partial charge in [0.15, 0.2) is 0 Å². The Morgan fingerprint density at radius 1 is 1.61 bits per heavy atom. The molecule has 0 aliphatic rings. The summed E-state index contributed by atoms with van der Waals surface area (Å²) in [5.41, 5.74) is 6.10. The van der Waals surface area contributed by atoms with E-state index in [2.05, 4.69) is 10.3 Å². The first kappa shape index (κ1) is 14.6. The Balaban J connectivity index is 2.80. The number of hydrogen-bond acceptors (Lipinski definition) is 4. The zero-order valence-corrected chi connectivity index (χ0v) is 11.7. The van der Waals surface area contributed by atoms with Gasteiger partial charge < -0.3 is 16.0 Å². The monoisotopic (exact) mass is 270 g/mol. The van der Waals surface area contributed by atoms with Gasteiger partial charge in [-0.15, -0.1) is 0 Å². The highest BCUT2D eigenvalue weighted by molar-refractivity contribution is 6.33. The van der Waals surface area contributed by atoms with E-state index in [4.69, 9.17) is 17.3 Å². The molecule has 0 saturated carbocycles. The van der Waals surface area contributed by atoms with Gasteiger partial charge in [0.2, 0.25) is 5.91 Å². The Morgan fingerprint density at radius 3 is 2.78 bits per heavy atom. The second-order valence-electron chi connectivity index (χ2n) is 4.31. The van der Waals surface area contributed by atoms with Gasteiger partial charge in [0.05, 0.1) is 23.5 Å². The molecule has 1 aromatic rings. The van der Waals surface area contributed by atoms with Gasteiger partial charge >= 0.3 is 0 Å². The van der Waals surface area contributed by atoms with E-state index in [-0.39, 0.29) is 18.5 Å². The van der Waals surface area contributed by atoms with Gasteiger partial charge in [-0.25, -0.2) is 4.98 Å². The second-order valence-corrected chi connectivity index (χ2v) is 4.72. The molecule has 1 aromatic heterocycles. The van der Waals surface area contributed by atoms with Crippen LogP contribution in [0.5, 0.6) is 0 Å². The summed E-state index contributed by atoms with van der Waals surface area (Å²) in [6, 6.07) is 1.75. The van der Waals surface area contributed by atoms with E-state index >= 15 is 0 Å². The Kier molecular flexibility index (Phi) is 5.22. The van der Waals surface area contributed by atoms with Crippen molar-refractivity contribution in [2.75, 3.05) is 23.7 Å². The predicted octanol–water partition coefficient (Wildman–Crippen LogP) is 1.67. The van der Waals surface area contributed by atoms with Crippen LogP contribution in [0.4, 0.5) is 11.5 Å². The number of nitrogens with two attached hydrogens (primary N) is 1. The summed E-state index contributed by atoms with van der Waals surface area (Å²) in [6.07, 6.45) is 1.53. The molecule has 0 aliphatic carbocycles. The van der Waals surface area contributed by atoms with Crippen molar-refractivity contribution in [3.8, 4) is 0 Å². The number of anilines is 2. The van der Waals surface area contributed by atoms with Crippen LogP contribution in [-0.4, -0.2) is 30.0 Å². The molecule has 18 heavy (non-hydrogen) atoms. The van der Waals surface area contributed by atoms with Crippen LogP contribution in [0.2, 0.25) is 5.02 Å². The van der Waals surface area contributed by atoms with Crippen molar-refractivity contribution in [3.63, 3.8) is 0 Å². The Bertz CT molecular complexity index is 423. The molecular weight excluding hydrogens is 252 g/mol. The SMILES string of the molecule is CCN(CC(=O)NC(C)C)c1ncc(N)cc1Cl. The molecule has 0 fully saturated rings. The minimum Gasteiger partial charge on any atom is -0.397 e. The largest absolute Gasteiger partial charge is 0.397 e. The van der Waals surface area contributed by atoms with Crippen molar-refractivity contribution >= 4 is 29.0 Å². The normalized spacial score (nSPS) is 10.5. The number of halogens is 1. The molecule has 0 atom stereocenters. The van der Waals surface area contributed by atoms with Crippen LogP contribution < -0.4 is 16.0 Å². The third kappa shape index (κ3) is 4.07. The van der Waals surface area contributed by atoms with Crippen molar-refractivity contribution in [2.24, 2.45) is 0 Å². The summed E-state index contributed by atoms with van der Waals surface area (Å²) in [5.74, 6) is 0.522. The van der Waals surface area contributed by atoms with E-state index in [1.54, 1.807) is 11.0 Å². The summed E-state index contributed by atoms with van der Waals surface area (Å²) < 4.78 is 0. The van der Waals surface area contributed by atoms with Crippen LogP contribution in [0.3, 0.4) is 0 Å². The van der Waals surface area contributed by atoms with Crippen LogP contribution >= 0.6 is 11.6 Å². The lowest BCUT2D eigenvalue weighted by molar-refractivity contribution is -0.120. The fraction of sp³-hybridized carbons (Fsp3) is 0.500. The Hall–Kier alpha value is -1.49. The maximum Gasteiger partial charge on any atom is 0.239 e. The van der Waals surface area contributed by atoms with Crippen LogP contribution in [0.25, 0.3) is 0 Å². The predicted molar refractivity (Wildman–Crippen MR) is 74.8 cm³/mol. The highest BCUT2D eigenvalue weighted by Crippen LogP contribution is 2.24. The standard InChI is InChI=1S/C12H19ClN4O/c1-4-17(7-11(18)16-8(2)3)12-10(13)5-9(14)6-15-12/h5-6,8H,4,7,14H2,1-3H3,(H,16,18). The lowest BCUT2D eigenvalue weighted by atomic mass is 10.3. The van der Waals surface area contributed by atoms with E-state index in [0.717, 1.165) is 0 Å². The smallest absolute Gasteiger partial charge is 0.239 e. The van der Waals surface area contributed by atoms with Gasteiger partial charge in [-0.3, -0.25) is 4.79 Å². The lowest BCUT2D eigenvalue weighted by Crippen LogP contribution is -2.40.